The molecule has 0 saturated carbocycles. The van der Waals surface area contributed by atoms with Crippen LogP contribution in [0.1, 0.15) is 12.0 Å². The number of rotatable bonds is 5. The lowest BCUT2D eigenvalue weighted by atomic mass is 10.0. The number of benzene rings is 1. The molecule has 0 aliphatic heterocycles. The summed E-state index contributed by atoms with van der Waals surface area (Å²) < 4.78 is 6.20. The highest BCUT2D eigenvalue weighted by Gasteiger charge is 2.09. The van der Waals surface area contributed by atoms with Crippen molar-refractivity contribution in [3.8, 4) is 5.75 Å². The van der Waals surface area contributed by atoms with Gasteiger partial charge < -0.3 is 15.6 Å². The summed E-state index contributed by atoms with van der Waals surface area (Å²) in [5, 5.41) is 9.66. The minimum atomic E-state index is -0.404. The van der Waals surface area contributed by atoms with Crippen LogP contribution < -0.4 is 10.5 Å². The van der Waals surface area contributed by atoms with Gasteiger partial charge in [-0.2, -0.15) is 0 Å². The van der Waals surface area contributed by atoms with Crippen LogP contribution in [0.25, 0.3) is 0 Å². The van der Waals surface area contributed by atoms with Crippen molar-refractivity contribution in [1.29, 1.82) is 0 Å². The minimum Gasteiger partial charge on any atom is -0.496 e. The maximum absolute atomic E-state index is 9.66. The van der Waals surface area contributed by atoms with Gasteiger partial charge in [0.05, 0.1) is 13.2 Å². The zero-order valence-electron chi connectivity index (χ0n) is 8.74. The van der Waals surface area contributed by atoms with E-state index in [1.807, 2.05) is 18.2 Å². The van der Waals surface area contributed by atoms with Gasteiger partial charge in [-0.05, 0) is 36.7 Å². The Kier molecular flexibility index (Phi) is 5.08. The first-order valence-corrected chi connectivity index (χ1v) is 5.67. The van der Waals surface area contributed by atoms with Gasteiger partial charge in [0.2, 0.25) is 0 Å². The molecule has 1 aromatic carbocycles. The van der Waals surface area contributed by atoms with Crippen LogP contribution in [-0.4, -0.2) is 24.9 Å². The summed E-state index contributed by atoms with van der Waals surface area (Å²) >= 11 is 3.39. The molecule has 84 valence electrons. The summed E-state index contributed by atoms with van der Waals surface area (Å²) in [5.74, 6) is 0.800. The van der Waals surface area contributed by atoms with Gasteiger partial charge in [0.25, 0.3) is 0 Å². The van der Waals surface area contributed by atoms with Gasteiger partial charge in [0.15, 0.2) is 0 Å². The second kappa shape index (κ2) is 6.10. The Hall–Kier alpha value is -0.580. The average molecular weight is 274 g/mol. The van der Waals surface area contributed by atoms with E-state index in [1.54, 1.807) is 7.11 Å². The molecule has 0 aliphatic carbocycles. The van der Waals surface area contributed by atoms with Crippen LogP contribution >= 0.6 is 15.9 Å². The molecule has 0 bridgehead atoms. The van der Waals surface area contributed by atoms with Gasteiger partial charge in [0, 0.05) is 10.9 Å². The number of hydrogen-bond donors (Lipinski definition) is 2. The molecular weight excluding hydrogens is 258 g/mol. The molecule has 0 radical (unpaired) electrons. The Labute approximate surface area is 98.4 Å². The largest absolute Gasteiger partial charge is 0.496 e. The Morgan fingerprint density at radius 2 is 2.27 bits per heavy atom. The van der Waals surface area contributed by atoms with E-state index in [2.05, 4.69) is 15.9 Å². The number of ether oxygens (including phenoxy) is 1. The van der Waals surface area contributed by atoms with Crippen molar-refractivity contribution in [3.05, 3.63) is 28.2 Å². The highest BCUT2D eigenvalue weighted by atomic mass is 79.9. The SMILES string of the molecule is COc1ccc(Br)cc1CC(O)CCN. The first-order valence-electron chi connectivity index (χ1n) is 4.88. The monoisotopic (exact) mass is 273 g/mol. The molecule has 3 nitrogen and oxygen atoms in total. The molecule has 3 N–H and O–H groups in total. The van der Waals surface area contributed by atoms with E-state index < -0.39 is 6.10 Å². The Morgan fingerprint density at radius 3 is 2.87 bits per heavy atom. The Morgan fingerprint density at radius 1 is 1.53 bits per heavy atom. The molecular formula is C11H16BrNO2. The minimum absolute atomic E-state index is 0.404. The number of nitrogens with two attached hydrogens (primary N) is 1. The standard InChI is InChI=1S/C11H16BrNO2/c1-15-11-3-2-9(12)6-8(11)7-10(14)4-5-13/h2-3,6,10,14H,4-5,7,13H2,1H3. The molecule has 0 aliphatic rings. The summed E-state index contributed by atoms with van der Waals surface area (Å²) in [6, 6.07) is 5.75. The maximum atomic E-state index is 9.66. The van der Waals surface area contributed by atoms with Crippen molar-refractivity contribution in [2.45, 2.75) is 18.9 Å². The first-order chi connectivity index (χ1) is 7.17. The van der Waals surface area contributed by atoms with Crippen molar-refractivity contribution >= 4 is 15.9 Å². The van der Waals surface area contributed by atoms with E-state index in [9.17, 15) is 5.11 Å². The fourth-order valence-corrected chi connectivity index (χ4v) is 1.86. The zero-order valence-corrected chi connectivity index (χ0v) is 10.3. The van der Waals surface area contributed by atoms with E-state index in [1.165, 1.54) is 0 Å². The van der Waals surface area contributed by atoms with E-state index in [4.69, 9.17) is 10.5 Å². The van der Waals surface area contributed by atoms with Crippen molar-refractivity contribution in [2.24, 2.45) is 5.73 Å². The fourth-order valence-electron chi connectivity index (χ4n) is 1.45. The fraction of sp³-hybridized carbons (Fsp3) is 0.455. The Balaban J connectivity index is 2.77. The summed E-state index contributed by atoms with van der Waals surface area (Å²) in [5.41, 5.74) is 6.38. The quantitative estimate of drug-likeness (QED) is 0.859. The van der Waals surface area contributed by atoms with Crippen LogP contribution in [0.3, 0.4) is 0 Å². The average Bonchev–Trinajstić information content (AvgIpc) is 2.18. The van der Waals surface area contributed by atoms with Gasteiger partial charge in [-0.15, -0.1) is 0 Å². The number of hydrogen-bond acceptors (Lipinski definition) is 3. The van der Waals surface area contributed by atoms with Gasteiger partial charge in [0.1, 0.15) is 5.75 Å². The maximum Gasteiger partial charge on any atom is 0.122 e. The molecule has 0 heterocycles. The topological polar surface area (TPSA) is 55.5 Å². The van der Waals surface area contributed by atoms with Crippen LogP contribution in [0, 0.1) is 0 Å². The lowest BCUT2D eigenvalue weighted by Crippen LogP contribution is -2.16. The number of halogens is 1. The number of aliphatic hydroxyl groups is 1. The lowest BCUT2D eigenvalue weighted by molar-refractivity contribution is 0.166. The molecule has 0 saturated heterocycles. The van der Waals surface area contributed by atoms with Crippen LogP contribution in [-0.2, 0) is 6.42 Å². The van der Waals surface area contributed by atoms with Crippen LogP contribution in [0.4, 0.5) is 0 Å². The van der Waals surface area contributed by atoms with Crippen molar-refractivity contribution in [3.63, 3.8) is 0 Å². The molecule has 0 aromatic heterocycles. The van der Waals surface area contributed by atoms with E-state index in [0.717, 1.165) is 15.8 Å². The Bertz CT molecular complexity index is 317. The molecule has 15 heavy (non-hydrogen) atoms. The zero-order chi connectivity index (χ0) is 11.3. The first kappa shape index (κ1) is 12.5. The van der Waals surface area contributed by atoms with Gasteiger partial charge in [-0.1, -0.05) is 15.9 Å². The third kappa shape index (κ3) is 3.81. The van der Waals surface area contributed by atoms with Crippen molar-refractivity contribution in [2.75, 3.05) is 13.7 Å². The molecule has 4 heteroatoms. The van der Waals surface area contributed by atoms with Crippen LogP contribution in [0.2, 0.25) is 0 Å². The predicted molar refractivity (Wildman–Crippen MR) is 64.1 cm³/mol. The summed E-state index contributed by atoms with van der Waals surface area (Å²) in [6.45, 7) is 0.498. The number of aliphatic hydroxyl groups excluding tert-OH is 1. The van der Waals surface area contributed by atoms with Crippen LogP contribution in [0.5, 0.6) is 5.75 Å². The van der Waals surface area contributed by atoms with Gasteiger partial charge >= 0.3 is 0 Å². The van der Waals surface area contributed by atoms with Gasteiger partial charge in [-0.3, -0.25) is 0 Å². The van der Waals surface area contributed by atoms with Crippen LogP contribution in [0.15, 0.2) is 22.7 Å². The summed E-state index contributed by atoms with van der Waals surface area (Å²) in [6.07, 6.45) is 0.772. The molecule has 1 atom stereocenters. The third-order valence-corrected chi connectivity index (χ3v) is 2.69. The smallest absolute Gasteiger partial charge is 0.122 e. The second-order valence-corrected chi connectivity index (χ2v) is 4.31. The second-order valence-electron chi connectivity index (χ2n) is 3.39. The van der Waals surface area contributed by atoms with Crippen molar-refractivity contribution < 1.29 is 9.84 Å². The predicted octanol–water partition coefficient (Wildman–Crippen LogP) is 1.71. The number of methoxy groups -OCH3 is 1. The summed E-state index contributed by atoms with van der Waals surface area (Å²) in [4.78, 5) is 0. The molecule has 1 unspecified atom stereocenters. The van der Waals surface area contributed by atoms with E-state index >= 15 is 0 Å². The highest BCUT2D eigenvalue weighted by molar-refractivity contribution is 9.10. The molecule has 0 amide bonds. The highest BCUT2D eigenvalue weighted by Crippen LogP contribution is 2.24. The van der Waals surface area contributed by atoms with E-state index in [-0.39, 0.29) is 0 Å². The lowest BCUT2D eigenvalue weighted by Gasteiger charge is -2.12. The normalized spacial score (nSPS) is 12.5. The van der Waals surface area contributed by atoms with Gasteiger partial charge in [-0.25, -0.2) is 0 Å². The van der Waals surface area contributed by atoms with E-state index in [0.29, 0.717) is 19.4 Å². The molecule has 0 fully saturated rings. The summed E-state index contributed by atoms with van der Waals surface area (Å²) in [7, 11) is 1.63. The molecule has 1 rings (SSSR count). The third-order valence-electron chi connectivity index (χ3n) is 2.20. The van der Waals surface area contributed by atoms with Crippen molar-refractivity contribution in [1.82, 2.24) is 0 Å². The molecule has 0 spiro atoms. The molecule has 1 aromatic rings.